The van der Waals surface area contributed by atoms with Gasteiger partial charge in [-0.1, -0.05) is 0 Å². The molecular formula is C10H15NO3. The number of carbonyl (C=O) groups excluding carboxylic acids is 2. The predicted octanol–water partition coefficient (Wildman–Crippen LogP) is 0.139. The van der Waals surface area contributed by atoms with Crippen LogP contribution in [-0.4, -0.2) is 41.8 Å². The summed E-state index contributed by atoms with van der Waals surface area (Å²) in [5.74, 6) is -0.242. The molecule has 0 saturated carbocycles. The van der Waals surface area contributed by atoms with E-state index in [-0.39, 0.29) is 12.4 Å². The summed E-state index contributed by atoms with van der Waals surface area (Å²) in [4.78, 5) is 22.7. The zero-order chi connectivity index (χ0) is 10.8. The van der Waals surface area contributed by atoms with E-state index >= 15 is 0 Å². The molecule has 0 rings (SSSR count). The van der Waals surface area contributed by atoms with Gasteiger partial charge in [0.2, 0.25) is 0 Å². The number of aliphatic hydroxyl groups excluding tert-OH is 1. The number of aldehydes is 1. The Morgan fingerprint density at radius 3 is 2.64 bits per heavy atom. The van der Waals surface area contributed by atoms with Crippen LogP contribution in [0, 0.1) is 0 Å². The molecule has 0 aromatic rings. The van der Waals surface area contributed by atoms with Crippen LogP contribution in [0.3, 0.4) is 0 Å². The highest BCUT2D eigenvalue weighted by Gasteiger charge is 1.94. The third kappa shape index (κ3) is 6.14. The third-order valence-corrected chi connectivity index (χ3v) is 1.58. The molecule has 0 atom stereocenters. The maximum atomic E-state index is 11.0. The number of nitrogens with zero attached hydrogens (tertiary/aromatic N) is 1. The molecule has 0 spiro atoms. The van der Waals surface area contributed by atoms with Crippen molar-refractivity contribution in [1.29, 1.82) is 0 Å². The average Bonchev–Trinajstić information content (AvgIpc) is 2.21. The van der Waals surface area contributed by atoms with Gasteiger partial charge in [0.25, 0.3) is 0 Å². The van der Waals surface area contributed by atoms with Gasteiger partial charge < -0.3 is 10.0 Å². The Morgan fingerprint density at radius 1 is 1.43 bits per heavy atom. The van der Waals surface area contributed by atoms with Gasteiger partial charge in [0.05, 0.1) is 6.61 Å². The number of hydrogen-bond donors (Lipinski definition) is 1. The first kappa shape index (κ1) is 12.6. The molecule has 0 aliphatic carbocycles. The summed E-state index contributed by atoms with van der Waals surface area (Å²) in [6, 6.07) is 0. The molecule has 14 heavy (non-hydrogen) atoms. The van der Waals surface area contributed by atoms with E-state index in [0.717, 1.165) is 12.6 Å². The molecule has 0 aromatic carbocycles. The summed E-state index contributed by atoms with van der Waals surface area (Å²) in [5.41, 5.74) is 0. The summed E-state index contributed by atoms with van der Waals surface area (Å²) in [7, 11) is 0. The van der Waals surface area contributed by atoms with Crippen molar-refractivity contribution in [3.63, 3.8) is 0 Å². The van der Waals surface area contributed by atoms with Crippen LogP contribution < -0.4 is 0 Å². The van der Waals surface area contributed by atoms with Crippen LogP contribution in [0.5, 0.6) is 0 Å². The highest BCUT2D eigenvalue weighted by molar-refractivity contribution is 6.00. The second-order valence-corrected chi connectivity index (χ2v) is 2.57. The summed E-state index contributed by atoms with van der Waals surface area (Å²) in [5, 5.41) is 8.65. The molecule has 0 fully saturated rings. The van der Waals surface area contributed by atoms with E-state index in [0.29, 0.717) is 12.8 Å². The topological polar surface area (TPSA) is 57.6 Å². The Morgan fingerprint density at radius 2 is 2.14 bits per heavy atom. The van der Waals surface area contributed by atoms with Crippen molar-refractivity contribution in [2.45, 2.75) is 6.92 Å². The largest absolute Gasteiger partial charge is 0.395 e. The van der Waals surface area contributed by atoms with Gasteiger partial charge in [-0.15, -0.1) is 0 Å². The fourth-order valence-electron chi connectivity index (χ4n) is 0.835. The molecule has 0 aliphatic heterocycles. The third-order valence-electron chi connectivity index (χ3n) is 1.58. The molecule has 4 nitrogen and oxygen atoms in total. The minimum atomic E-state index is -0.242. The number of carbonyl (C=O) groups is 2. The highest BCUT2D eigenvalue weighted by Crippen LogP contribution is 1.89. The Kier molecular flexibility index (Phi) is 7.36. The lowest BCUT2D eigenvalue weighted by Gasteiger charge is -2.15. The van der Waals surface area contributed by atoms with Crippen molar-refractivity contribution in [2.75, 3.05) is 19.7 Å². The summed E-state index contributed by atoms with van der Waals surface area (Å²) in [6.45, 7) is 3.20. The van der Waals surface area contributed by atoms with E-state index in [2.05, 4.69) is 0 Å². The van der Waals surface area contributed by atoms with Gasteiger partial charge in [0.15, 0.2) is 5.78 Å². The Balaban J connectivity index is 4.05. The lowest BCUT2D eigenvalue weighted by atomic mass is 10.3. The Labute approximate surface area is 83.5 Å². The number of likely N-dealkylation sites (N-methyl/N-ethyl adjacent to an activating group) is 1. The van der Waals surface area contributed by atoms with Crippen LogP contribution in [0.15, 0.2) is 24.4 Å². The number of aliphatic hydroxyl groups is 1. The standard InChI is InChI=1S/C10H15NO3/c1-2-11(7-9-13)6-5-10(14)4-3-8-12/h3-6,8,13H,2,7,9H2,1H3. The maximum absolute atomic E-state index is 11.0. The van der Waals surface area contributed by atoms with Crippen LogP contribution in [-0.2, 0) is 9.59 Å². The lowest BCUT2D eigenvalue weighted by Crippen LogP contribution is -2.20. The molecule has 0 heterocycles. The molecule has 0 amide bonds. The number of rotatable bonds is 7. The summed E-state index contributed by atoms with van der Waals surface area (Å²) < 4.78 is 0. The van der Waals surface area contributed by atoms with Crippen LogP contribution in [0.4, 0.5) is 0 Å². The van der Waals surface area contributed by atoms with Crippen molar-refractivity contribution < 1.29 is 14.7 Å². The van der Waals surface area contributed by atoms with Crippen molar-refractivity contribution in [2.24, 2.45) is 0 Å². The minimum Gasteiger partial charge on any atom is -0.395 e. The lowest BCUT2D eigenvalue weighted by molar-refractivity contribution is -0.111. The number of allylic oxidation sites excluding steroid dienone is 3. The second kappa shape index (κ2) is 8.19. The average molecular weight is 197 g/mol. The van der Waals surface area contributed by atoms with Gasteiger partial charge >= 0.3 is 0 Å². The Bertz CT molecular complexity index is 234. The van der Waals surface area contributed by atoms with E-state index in [1.807, 2.05) is 6.92 Å². The molecule has 4 heteroatoms. The molecule has 0 unspecified atom stereocenters. The number of hydrogen-bond acceptors (Lipinski definition) is 4. The van der Waals surface area contributed by atoms with Crippen LogP contribution in [0.25, 0.3) is 0 Å². The van der Waals surface area contributed by atoms with Gasteiger partial charge in [0.1, 0.15) is 6.29 Å². The SMILES string of the molecule is CCN(C=CC(=O)C=CC=O)CCO. The van der Waals surface area contributed by atoms with E-state index in [9.17, 15) is 9.59 Å². The first-order valence-corrected chi connectivity index (χ1v) is 4.43. The number of ketones is 1. The Hall–Kier alpha value is -1.42. The quantitative estimate of drug-likeness (QED) is 0.466. The molecule has 0 aliphatic rings. The van der Waals surface area contributed by atoms with Crippen molar-refractivity contribution >= 4 is 12.1 Å². The molecule has 0 saturated heterocycles. The highest BCUT2D eigenvalue weighted by atomic mass is 16.3. The molecule has 1 N–H and O–H groups in total. The van der Waals surface area contributed by atoms with Crippen LogP contribution in [0.1, 0.15) is 6.92 Å². The summed E-state index contributed by atoms with van der Waals surface area (Å²) >= 11 is 0. The molecule has 0 bridgehead atoms. The fourth-order valence-corrected chi connectivity index (χ4v) is 0.835. The second-order valence-electron chi connectivity index (χ2n) is 2.57. The van der Waals surface area contributed by atoms with Crippen molar-refractivity contribution in [1.82, 2.24) is 4.90 Å². The van der Waals surface area contributed by atoms with Crippen molar-refractivity contribution in [3.05, 3.63) is 24.4 Å². The minimum absolute atomic E-state index is 0.0521. The van der Waals surface area contributed by atoms with E-state index in [4.69, 9.17) is 5.11 Å². The molecule has 78 valence electrons. The normalized spacial score (nSPS) is 11.0. The van der Waals surface area contributed by atoms with Gasteiger partial charge in [0, 0.05) is 25.4 Å². The van der Waals surface area contributed by atoms with E-state index in [1.54, 1.807) is 11.1 Å². The smallest absolute Gasteiger partial charge is 0.180 e. The van der Waals surface area contributed by atoms with Gasteiger partial charge in [-0.2, -0.15) is 0 Å². The van der Waals surface area contributed by atoms with Gasteiger partial charge in [-0.25, -0.2) is 0 Å². The predicted molar refractivity (Wildman–Crippen MR) is 53.7 cm³/mol. The zero-order valence-electron chi connectivity index (χ0n) is 8.22. The monoisotopic (exact) mass is 197 g/mol. The summed E-state index contributed by atoms with van der Waals surface area (Å²) in [6.07, 6.45) is 5.86. The van der Waals surface area contributed by atoms with Crippen LogP contribution in [0.2, 0.25) is 0 Å². The van der Waals surface area contributed by atoms with Gasteiger partial charge in [-0.05, 0) is 19.1 Å². The first-order chi connectivity index (χ1) is 6.74. The molecule has 0 aromatic heterocycles. The fraction of sp³-hybridized carbons (Fsp3) is 0.400. The molecule has 0 radical (unpaired) electrons. The zero-order valence-corrected chi connectivity index (χ0v) is 8.22. The van der Waals surface area contributed by atoms with Gasteiger partial charge in [-0.3, -0.25) is 9.59 Å². The van der Waals surface area contributed by atoms with Crippen LogP contribution >= 0.6 is 0 Å². The van der Waals surface area contributed by atoms with Crippen molar-refractivity contribution in [3.8, 4) is 0 Å². The van der Waals surface area contributed by atoms with E-state index < -0.39 is 0 Å². The first-order valence-electron chi connectivity index (χ1n) is 4.43. The maximum Gasteiger partial charge on any atom is 0.180 e. The van der Waals surface area contributed by atoms with E-state index in [1.165, 1.54) is 12.2 Å². The molecular weight excluding hydrogens is 182 g/mol.